The van der Waals surface area contributed by atoms with Crippen LogP contribution in [0.15, 0.2) is 18.2 Å². The molecule has 1 rings (SSSR count). The highest BCUT2D eigenvalue weighted by atomic mass is 16.5. The van der Waals surface area contributed by atoms with E-state index in [9.17, 15) is 0 Å². The van der Waals surface area contributed by atoms with Crippen molar-refractivity contribution in [3.05, 3.63) is 23.8 Å². The van der Waals surface area contributed by atoms with E-state index in [1.54, 1.807) is 0 Å². The molecular weight excluding hydrogens is 262 g/mol. The predicted molar refractivity (Wildman–Crippen MR) is 89.2 cm³/mol. The molecule has 0 amide bonds. The normalized spacial score (nSPS) is 10.6. The Morgan fingerprint density at radius 2 is 1.52 bits per heavy atom. The van der Waals surface area contributed by atoms with E-state index in [-0.39, 0.29) is 0 Å². The van der Waals surface area contributed by atoms with Gasteiger partial charge >= 0.3 is 0 Å². The Morgan fingerprint density at radius 1 is 0.857 bits per heavy atom. The Labute approximate surface area is 129 Å². The zero-order chi connectivity index (χ0) is 15.3. The second kappa shape index (κ2) is 11.4. The Morgan fingerprint density at radius 3 is 2.19 bits per heavy atom. The lowest BCUT2D eigenvalue weighted by molar-refractivity contribution is 0.268. The number of hydrogen-bond donors (Lipinski definition) is 1. The summed E-state index contributed by atoms with van der Waals surface area (Å²) in [5, 5.41) is 0. The first-order valence-electron chi connectivity index (χ1n) is 8.40. The van der Waals surface area contributed by atoms with E-state index < -0.39 is 0 Å². The fourth-order valence-electron chi connectivity index (χ4n) is 2.19. The van der Waals surface area contributed by atoms with Gasteiger partial charge < -0.3 is 15.2 Å². The van der Waals surface area contributed by atoms with E-state index in [1.807, 2.05) is 0 Å². The van der Waals surface area contributed by atoms with Crippen LogP contribution in [0.4, 0.5) is 0 Å². The summed E-state index contributed by atoms with van der Waals surface area (Å²) < 4.78 is 11.6. The van der Waals surface area contributed by atoms with Gasteiger partial charge in [-0.15, -0.1) is 0 Å². The van der Waals surface area contributed by atoms with Crippen LogP contribution in [0.25, 0.3) is 0 Å². The average Bonchev–Trinajstić information content (AvgIpc) is 2.51. The predicted octanol–water partition coefficient (Wildman–Crippen LogP) is 4.33. The number of hydrogen-bond acceptors (Lipinski definition) is 3. The van der Waals surface area contributed by atoms with E-state index in [1.165, 1.54) is 24.8 Å². The zero-order valence-electron chi connectivity index (χ0n) is 13.7. The number of nitrogens with two attached hydrogens (primary N) is 1. The van der Waals surface area contributed by atoms with Crippen LogP contribution < -0.4 is 15.2 Å². The lowest BCUT2D eigenvalue weighted by Crippen LogP contribution is -2.02. The van der Waals surface area contributed by atoms with Gasteiger partial charge in [-0.3, -0.25) is 0 Å². The molecule has 3 heteroatoms. The molecule has 0 spiro atoms. The monoisotopic (exact) mass is 293 g/mol. The van der Waals surface area contributed by atoms with Gasteiger partial charge in [0.05, 0.1) is 13.2 Å². The number of unbranched alkanes of at least 4 members (excludes halogenated alkanes) is 3. The summed E-state index contributed by atoms with van der Waals surface area (Å²) in [6.07, 6.45) is 7.94. The molecule has 21 heavy (non-hydrogen) atoms. The molecule has 120 valence electrons. The molecule has 0 aromatic heterocycles. The maximum absolute atomic E-state index is 5.83. The van der Waals surface area contributed by atoms with E-state index in [0.717, 1.165) is 56.9 Å². The van der Waals surface area contributed by atoms with Crippen molar-refractivity contribution in [1.82, 2.24) is 0 Å². The van der Waals surface area contributed by atoms with Gasteiger partial charge in [0.25, 0.3) is 0 Å². The minimum absolute atomic E-state index is 0.737. The average molecular weight is 293 g/mol. The highest BCUT2D eigenvalue weighted by Crippen LogP contribution is 2.29. The molecule has 0 heterocycles. The molecule has 0 unspecified atom stereocenters. The van der Waals surface area contributed by atoms with Crippen LogP contribution in [0.5, 0.6) is 11.5 Å². The van der Waals surface area contributed by atoms with Crippen molar-refractivity contribution >= 4 is 0 Å². The Hall–Kier alpha value is -1.22. The molecule has 0 aliphatic rings. The molecule has 1 aromatic carbocycles. The van der Waals surface area contributed by atoms with Crippen LogP contribution in [-0.2, 0) is 6.42 Å². The van der Waals surface area contributed by atoms with Gasteiger partial charge in [0.15, 0.2) is 11.5 Å². The SMILES string of the molecule is CCCOc1ccc(CCCCCCN)cc1OCCC. The van der Waals surface area contributed by atoms with Crippen LogP contribution in [0.2, 0.25) is 0 Å². The van der Waals surface area contributed by atoms with Gasteiger partial charge in [-0.25, -0.2) is 0 Å². The van der Waals surface area contributed by atoms with Crippen molar-refractivity contribution in [2.24, 2.45) is 5.73 Å². The van der Waals surface area contributed by atoms with E-state index in [2.05, 4.69) is 32.0 Å². The second-order valence-corrected chi connectivity index (χ2v) is 5.43. The van der Waals surface area contributed by atoms with E-state index >= 15 is 0 Å². The largest absolute Gasteiger partial charge is 0.490 e. The third-order valence-electron chi connectivity index (χ3n) is 3.35. The molecule has 0 saturated heterocycles. The van der Waals surface area contributed by atoms with Crippen LogP contribution in [0, 0.1) is 0 Å². The van der Waals surface area contributed by atoms with Crippen molar-refractivity contribution in [3.8, 4) is 11.5 Å². The van der Waals surface area contributed by atoms with Crippen LogP contribution in [0.3, 0.4) is 0 Å². The molecule has 2 N–H and O–H groups in total. The lowest BCUT2D eigenvalue weighted by Gasteiger charge is -2.13. The summed E-state index contributed by atoms with van der Waals surface area (Å²) in [6, 6.07) is 6.35. The van der Waals surface area contributed by atoms with Crippen LogP contribution in [0.1, 0.15) is 57.9 Å². The maximum atomic E-state index is 5.83. The van der Waals surface area contributed by atoms with Gasteiger partial charge in [0.2, 0.25) is 0 Å². The van der Waals surface area contributed by atoms with Gasteiger partial charge in [-0.1, -0.05) is 32.8 Å². The fraction of sp³-hybridized carbons (Fsp3) is 0.667. The minimum Gasteiger partial charge on any atom is -0.490 e. The van der Waals surface area contributed by atoms with Crippen LogP contribution >= 0.6 is 0 Å². The highest BCUT2D eigenvalue weighted by Gasteiger charge is 2.06. The van der Waals surface area contributed by atoms with E-state index in [0.29, 0.717) is 0 Å². The number of aryl methyl sites for hydroxylation is 1. The molecule has 0 fully saturated rings. The van der Waals surface area contributed by atoms with Crippen molar-refractivity contribution in [2.45, 2.75) is 58.8 Å². The first-order valence-corrected chi connectivity index (χ1v) is 8.40. The summed E-state index contributed by atoms with van der Waals surface area (Å²) in [7, 11) is 0. The summed E-state index contributed by atoms with van der Waals surface area (Å²) in [6.45, 7) is 6.51. The fourth-order valence-corrected chi connectivity index (χ4v) is 2.19. The van der Waals surface area contributed by atoms with Gasteiger partial charge in [0.1, 0.15) is 0 Å². The quantitative estimate of drug-likeness (QED) is 0.583. The Bertz CT molecular complexity index is 379. The Balaban J connectivity index is 2.55. The second-order valence-electron chi connectivity index (χ2n) is 5.43. The molecule has 0 radical (unpaired) electrons. The molecule has 0 aliphatic heterocycles. The number of ether oxygens (including phenoxy) is 2. The highest BCUT2D eigenvalue weighted by molar-refractivity contribution is 5.43. The topological polar surface area (TPSA) is 44.5 Å². The van der Waals surface area contributed by atoms with Crippen molar-refractivity contribution < 1.29 is 9.47 Å². The molecule has 0 atom stereocenters. The van der Waals surface area contributed by atoms with Gasteiger partial charge in [-0.05, 0) is 56.3 Å². The van der Waals surface area contributed by atoms with Gasteiger partial charge in [0, 0.05) is 0 Å². The molecule has 1 aromatic rings. The van der Waals surface area contributed by atoms with Crippen molar-refractivity contribution in [2.75, 3.05) is 19.8 Å². The summed E-state index contributed by atoms with van der Waals surface area (Å²) in [5.74, 6) is 1.77. The summed E-state index contributed by atoms with van der Waals surface area (Å²) >= 11 is 0. The summed E-state index contributed by atoms with van der Waals surface area (Å²) in [5.41, 5.74) is 6.85. The smallest absolute Gasteiger partial charge is 0.161 e. The first-order chi connectivity index (χ1) is 10.3. The molecule has 3 nitrogen and oxygen atoms in total. The third-order valence-corrected chi connectivity index (χ3v) is 3.35. The number of rotatable bonds is 12. The molecule has 0 saturated carbocycles. The zero-order valence-corrected chi connectivity index (χ0v) is 13.7. The minimum atomic E-state index is 0.737. The molecule has 0 bridgehead atoms. The Kier molecular flexibility index (Phi) is 9.71. The first kappa shape index (κ1) is 17.8. The van der Waals surface area contributed by atoms with Crippen LogP contribution in [-0.4, -0.2) is 19.8 Å². The summed E-state index contributed by atoms with van der Waals surface area (Å²) in [4.78, 5) is 0. The van der Waals surface area contributed by atoms with Crippen molar-refractivity contribution in [1.29, 1.82) is 0 Å². The lowest BCUT2D eigenvalue weighted by atomic mass is 10.1. The molecular formula is C18H31NO2. The van der Waals surface area contributed by atoms with Gasteiger partial charge in [-0.2, -0.15) is 0 Å². The number of benzene rings is 1. The third kappa shape index (κ3) is 7.37. The standard InChI is InChI=1S/C18H31NO2/c1-3-13-20-17-11-10-16(9-7-5-6-8-12-19)15-18(17)21-14-4-2/h10-11,15H,3-9,12-14,19H2,1-2H3. The van der Waals surface area contributed by atoms with Crippen molar-refractivity contribution in [3.63, 3.8) is 0 Å². The van der Waals surface area contributed by atoms with E-state index in [4.69, 9.17) is 15.2 Å². The molecule has 0 aliphatic carbocycles. The maximum Gasteiger partial charge on any atom is 0.161 e.